The summed E-state index contributed by atoms with van der Waals surface area (Å²) in [6, 6.07) is 12.6. The predicted molar refractivity (Wildman–Crippen MR) is 102 cm³/mol. The van der Waals surface area contributed by atoms with E-state index in [2.05, 4.69) is 21.9 Å². The van der Waals surface area contributed by atoms with E-state index in [0.717, 1.165) is 12.8 Å². The minimum atomic E-state index is -0.392. The first-order valence-corrected chi connectivity index (χ1v) is 8.90. The van der Waals surface area contributed by atoms with Gasteiger partial charge in [-0.25, -0.2) is 4.98 Å². The second-order valence-electron chi connectivity index (χ2n) is 6.52. The van der Waals surface area contributed by atoms with Crippen molar-refractivity contribution in [1.29, 1.82) is 0 Å². The molecule has 0 aliphatic heterocycles. The number of hydrogen-bond acceptors (Lipinski definition) is 4. The van der Waals surface area contributed by atoms with E-state index in [9.17, 15) is 9.59 Å². The molecule has 1 aliphatic carbocycles. The van der Waals surface area contributed by atoms with Crippen LogP contribution in [-0.4, -0.2) is 16.8 Å². The predicted octanol–water partition coefficient (Wildman–Crippen LogP) is 3.61. The van der Waals surface area contributed by atoms with Crippen LogP contribution < -0.4 is 10.9 Å². The average molecular weight is 361 g/mol. The van der Waals surface area contributed by atoms with Gasteiger partial charge in [0.05, 0.1) is 17.3 Å². The maximum atomic E-state index is 12.7. The third-order valence-electron chi connectivity index (χ3n) is 4.61. The highest BCUT2D eigenvalue weighted by atomic mass is 16.3. The second-order valence-corrected chi connectivity index (χ2v) is 6.52. The lowest BCUT2D eigenvalue weighted by Gasteiger charge is -2.12. The molecule has 1 unspecified atom stereocenters. The largest absolute Gasteiger partial charge is 0.463 e. The summed E-state index contributed by atoms with van der Waals surface area (Å²) in [5.74, 6) is 0.224. The number of nitrogens with zero attached hydrogens (tertiary/aromatic N) is 1. The Balaban J connectivity index is 1.55. The summed E-state index contributed by atoms with van der Waals surface area (Å²) in [6.45, 7) is 0. The van der Waals surface area contributed by atoms with Crippen molar-refractivity contribution in [2.75, 3.05) is 0 Å². The molecule has 0 fully saturated rings. The maximum Gasteiger partial charge on any atom is 0.270 e. The van der Waals surface area contributed by atoms with Crippen LogP contribution in [0.5, 0.6) is 0 Å². The van der Waals surface area contributed by atoms with Gasteiger partial charge in [-0.05, 0) is 43.0 Å². The van der Waals surface area contributed by atoms with Crippen LogP contribution in [0.2, 0.25) is 0 Å². The van der Waals surface area contributed by atoms with Gasteiger partial charge in [0.1, 0.15) is 5.69 Å². The molecule has 3 aromatic rings. The van der Waals surface area contributed by atoms with Gasteiger partial charge in [-0.1, -0.05) is 30.4 Å². The van der Waals surface area contributed by atoms with Gasteiger partial charge in [0.25, 0.3) is 5.91 Å². The lowest BCUT2D eigenvalue weighted by molar-refractivity contribution is -0.122. The number of aromatic nitrogens is 1. The molecular weight excluding hydrogens is 342 g/mol. The summed E-state index contributed by atoms with van der Waals surface area (Å²) < 4.78 is 5.41. The standard InChI is InChI=1S/C21H19N3O3/c25-20(12-14-6-1-2-7-14)23-24-21(26)16-13-18(19-10-5-11-27-19)22-17-9-4-3-8-15(16)17/h1,3-6,8-11,13-14H,2,7,12H2,(H,23,25)(H,24,26). The summed E-state index contributed by atoms with van der Waals surface area (Å²) in [5.41, 5.74) is 6.69. The molecule has 4 rings (SSSR count). The van der Waals surface area contributed by atoms with Crippen molar-refractivity contribution in [1.82, 2.24) is 15.8 Å². The zero-order chi connectivity index (χ0) is 18.6. The minimum Gasteiger partial charge on any atom is -0.463 e. The first-order valence-electron chi connectivity index (χ1n) is 8.90. The van der Waals surface area contributed by atoms with Gasteiger partial charge in [-0.2, -0.15) is 0 Å². The average Bonchev–Trinajstić information content (AvgIpc) is 3.39. The normalized spacial score (nSPS) is 15.8. The third-order valence-corrected chi connectivity index (χ3v) is 4.61. The third kappa shape index (κ3) is 3.74. The monoisotopic (exact) mass is 361 g/mol. The molecule has 0 saturated carbocycles. The van der Waals surface area contributed by atoms with Crippen molar-refractivity contribution in [3.63, 3.8) is 0 Å². The van der Waals surface area contributed by atoms with Gasteiger partial charge in [-0.3, -0.25) is 20.4 Å². The Bertz CT molecular complexity index is 1010. The Hall–Kier alpha value is -3.41. The van der Waals surface area contributed by atoms with Crippen LogP contribution in [0.3, 0.4) is 0 Å². The molecule has 0 bridgehead atoms. The zero-order valence-corrected chi connectivity index (χ0v) is 14.6. The smallest absolute Gasteiger partial charge is 0.270 e. The van der Waals surface area contributed by atoms with Crippen molar-refractivity contribution >= 4 is 22.7 Å². The fourth-order valence-corrected chi connectivity index (χ4v) is 3.26. The topological polar surface area (TPSA) is 84.2 Å². The van der Waals surface area contributed by atoms with E-state index >= 15 is 0 Å². The SMILES string of the molecule is O=C(CC1C=CCC1)NNC(=O)c1cc(-c2ccco2)nc2ccccc12. The van der Waals surface area contributed by atoms with Crippen LogP contribution in [0.15, 0.2) is 65.3 Å². The summed E-state index contributed by atoms with van der Waals surface area (Å²) in [7, 11) is 0. The molecule has 2 aromatic heterocycles. The number of carbonyl (C=O) groups is 2. The number of carbonyl (C=O) groups excluding carboxylic acids is 2. The van der Waals surface area contributed by atoms with E-state index in [1.807, 2.05) is 30.3 Å². The summed E-state index contributed by atoms with van der Waals surface area (Å²) in [6.07, 6.45) is 8.03. The first-order chi connectivity index (χ1) is 13.2. The number of benzene rings is 1. The number of nitrogens with one attached hydrogen (secondary N) is 2. The van der Waals surface area contributed by atoms with Gasteiger partial charge >= 0.3 is 0 Å². The van der Waals surface area contributed by atoms with E-state index in [-0.39, 0.29) is 11.8 Å². The highest BCUT2D eigenvalue weighted by molar-refractivity contribution is 6.07. The number of hydrazine groups is 1. The second kappa shape index (κ2) is 7.45. The molecular formula is C21H19N3O3. The molecule has 1 aromatic carbocycles. The van der Waals surface area contributed by atoms with Crippen molar-refractivity contribution in [3.8, 4) is 11.5 Å². The Labute approximate surface area is 156 Å². The number of hydrogen-bond donors (Lipinski definition) is 2. The van der Waals surface area contributed by atoms with E-state index in [4.69, 9.17) is 4.42 Å². The van der Waals surface area contributed by atoms with Crippen LogP contribution in [0, 0.1) is 5.92 Å². The molecule has 2 amide bonds. The molecule has 0 radical (unpaired) electrons. The Morgan fingerprint density at radius 3 is 2.81 bits per heavy atom. The van der Waals surface area contributed by atoms with Crippen LogP contribution in [0.4, 0.5) is 0 Å². The van der Waals surface area contributed by atoms with Crippen molar-refractivity contribution < 1.29 is 14.0 Å². The molecule has 6 nitrogen and oxygen atoms in total. The van der Waals surface area contributed by atoms with Crippen molar-refractivity contribution in [2.45, 2.75) is 19.3 Å². The molecule has 0 saturated heterocycles. The van der Waals surface area contributed by atoms with Crippen LogP contribution in [-0.2, 0) is 4.79 Å². The van der Waals surface area contributed by atoms with Gasteiger partial charge in [0, 0.05) is 11.8 Å². The maximum absolute atomic E-state index is 12.7. The van der Waals surface area contributed by atoms with E-state index < -0.39 is 5.91 Å². The molecule has 136 valence electrons. The quantitative estimate of drug-likeness (QED) is 0.549. The molecule has 1 atom stereocenters. The summed E-state index contributed by atoms with van der Waals surface area (Å²) in [5, 5.41) is 0.707. The van der Waals surface area contributed by atoms with Crippen LogP contribution in [0.1, 0.15) is 29.6 Å². The molecule has 1 aliphatic rings. The molecule has 27 heavy (non-hydrogen) atoms. The van der Waals surface area contributed by atoms with Gasteiger partial charge in [0.2, 0.25) is 5.91 Å². The number of furan rings is 1. The number of rotatable bonds is 4. The first kappa shape index (κ1) is 17.0. The summed E-state index contributed by atoms with van der Waals surface area (Å²) in [4.78, 5) is 29.3. The number of amides is 2. The van der Waals surface area contributed by atoms with Gasteiger partial charge in [0.15, 0.2) is 5.76 Å². The van der Waals surface area contributed by atoms with E-state index in [1.165, 1.54) is 0 Å². The van der Waals surface area contributed by atoms with Crippen LogP contribution >= 0.6 is 0 Å². The Kier molecular flexibility index (Phi) is 4.70. The van der Waals surface area contributed by atoms with E-state index in [1.54, 1.807) is 24.5 Å². The molecule has 2 N–H and O–H groups in total. The number of pyridine rings is 1. The van der Waals surface area contributed by atoms with Crippen molar-refractivity contribution in [2.24, 2.45) is 5.92 Å². The number of allylic oxidation sites excluding steroid dienone is 2. The lowest BCUT2D eigenvalue weighted by Crippen LogP contribution is -2.42. The Morgan fingerprint density at radius 1 is 1.15 bits per heavy atom. The lowest BCUT2D eigenvalue weighted by atomic mass is 10.1. The van der Waals surface area contributed by atoms with Gasteiger partial charge < -0.3 is 4.42 Å². The number of para-hydroxylation sites is 1. The van der Waals surface area contributed by atoms with Gasteiger partial charge in [-0.15, -0.1) is 0 Å². The van der Waals surface area contributed by atoms with Crippen LogP contribution in [0.25, 0.3) is 22.4 Å². The number of fused-ring (bicyclic) bond motifs is 1. The zero-order valence-electron chi connectivity index (χ0n) is 14.6. The fraction of sp³-hybridized carbons (Fsp3) is 0.190. The Morgan fingerprint density at radius 2 is 2.04 bits per heavy atom. The highest BCUT2D eigenvalue weighted by Crippen LogP contribution is 2.25. The highest BCUT2D eigenvalue weighted by Gasteiger charge is 2.17. The minimum absolute atomic E-state index is 0.204. The van der Waals surface area contributed by atoms with Crippen molar-refractivity contribution in [3.05, 3.63) is 66.4 Å². The molecule has 6 heteroatoms. The van der Waals surface area contributed by atoms with E-state index in [0.29, 0.717) is 34.3 Å². The fourth-order valence-electron chi connectivity index (χ4n) is 3.26. The summed E-state index contributed by atoms with van der Waals surface area (Å²) >= 11 is 0. The molecule has 2 heterocycles. The molecule has 0 spiro atoms.